The molecule has 0 aliphatic heterocycles. The zero-order valence-corrected chi connectivity index (χ0v) is 14.3. The Hall–Kier alpha value is -0.410. The second kappa shape index (κ2) is 17.6. The average Bonchev–Trinajstić information content (AvgIpc) is 2.50. The van der Waals surface area contributed by atoms with Gasteiger partial charge in [0.05, 0.1) is 6.10 Å². The van der Waals surface area contributed by atoms with E-state index in [0.29, 0.717) is 13.2 Å². The minimum absolute atomic E-state index is 0.259. The van der Waals surface area contributed by atoms with E-state index in [0.717, 1.165) is 25.5 Å². The molecule has 0 saturated carbocycles. The molecule has 0 aromatic carbocycles. The third kappa shape index (κ3) is 15.8. The molecule has 0 aromatic heterocycles. The summed E-state index contributed by atoms with van der Waals surface area (Å²) in [6.45, 7) is 2.63. The molecule has 0 bridgehead atoms. The lowest BCUT2D eigenvalue weighted by atomic mass is 10.0. The zero-order valence-electron chi connectivity index (χ0n) is 14.3. The van der Waals surface area contributed by atoms with Crippen molar-refractivity contribution in [1.29, 1.82) is 0 Å². The zero-order chi connectivity index (χ0) is 15.6. The van der Waals surface area contributed by atoms with Gasteiger partial charge in [-0.15, -0.1) is 0 Å². The molecule has 0 fully saturated rings. The van der Waals surface area contributed by atoms with Crippen LogP contribution in [0.4, 0.5) is 0 Å². The number of methoxy groups -OCH3 is 1. The van der Waals surface area contributed by atoms with Crippen molar-refractivity contribution in [3.8, 4) is 0 Å². The summed E-state index contributed by atoms with van der Waals surface area (Å²) in [4.78, 5) is 10.4. The summed E-state index contributed by atoms with van der Waals surface area (Å²) in [5.74, 6) is 0. The van der Waals surface area contributed by atoms with Gasteiger partial charge in [-0.3, -0.25) is 0 Å². The smallest absolute Gasteiger partial charge is 0.146 e. The Morgan fingerprint density at radius 1 is 0.857 bits per heavy atom. The summed E-state index contributed by atoms with van der Waals surface area (Å²) in [5, 5.41) is 0. The molecule has 0 aliphatic rings. The normalized spacial score (nSPS) is 12.5. The monoisotopic (exact) mass is 300 g/mol. The number of hydrogen-bond acceptors (Lipinski definition) is 3. The van der Waals surface area contributed by atoms with Crippen LogP contribution in [0.2, 0.25) is 0 Å². The lowest BCUT2D eigenvalue weighted by molar-refractivity contribution is -0.108. The number of ether oxygens (including phenoxy) is 2. The van der Waals surface area contributed by atoms with Gasteiger partial charge in [0, 0.05) is 13.5 Å². The molecular formula is C18H36O3. The lowest BCUT2D eigenvalue weighted by Crippen LogP contribution is -2.14. The molecule has 0 radical (unpaired) electrons. The van der Waals surface area contributed by atoms with Crippen LogP contribution in [0.3, 0.4) is 0 Å². The average molecular weight is 300 g/mol. The van der Waals surface area contributed by atoms with Gasteiger partial charge in [-0.05, 0) is 19.3 Å². The SMILES string of the molecule is CCCCCCCCCCC[C@@H](CCCC=O)OCOC. The Morgan fingerprint density at radius 3 is 2.00 bits per heavy atom. The van der Waals surface area contributed by atoms with Crippen molar-refractivity contribution in [2.75, 3.05) is 13.9 Å². The van der Waals surface area contributed by atoms with Crippen molar-refractivity contribution in [1.82, 2.24) is 0 Å². The first-order valence-corrected chi connectivity index (χ1v) is 8.89. The van der Waals surface area contributed by atoms with Gasteiger partial charge in [-0.2, -0.15) is 0 Å². The summed E-state index contributed by atoms with van der Waals surface area (Å²) >= 11 is 0. The van der Waals surface area contributed by atoms with Crippen molar-refractivity contribution in [3.05, 3.63) is 0 Å². The van der Waals surface area contributed by atoms with Gasteiger partial charge in [-0.1, -0.05) is 64.7 Å². The van der Waals surface area contributed by atoms with Crippen molar-refractivity contribution >= 4 is 6.29 Å². The molecule has 0 saturated heterocycles. The molecule has 0 aliphatic carbocycles. The molecule has 3 nitrogen and oxygen atoms in total. The summed E-state index contributed by atoms with van der Waals surface area (Å²) in [7, 11) is 1.65. The molecule has 21 heavy (non-hydrogen) atoms. The van der Waals surface area contributed by atoms with E-state index in [-0.39, 0.29) is 6.10 Å². The van der Waals surface area contributed by atoms with Crippen LogP contribution in [-0.4, -0.2) is 26.3 Å². The van der Waals surface area contributed by atoms with Gasteiger partial charge in [0.2, 0.25) is 0 Å². The topological polar surface area (TPSA) is 35.5 Å². The number of carbonyl (C=O) groups is 1. The highest BCUT2D eigenvalue weighted by molar-refractivity contribution is 5.48. The Balaban J connectivity index is 3.46. The van der Waals surface area contributed by atoms with E-state index in [1.54, 1.807) is 7.11 Å². The predicted molar refractivity (Wildman–Crippen MR) is 88.5 cm³/mol. The largest absolute Gasteiger partial charge is 0.359 e. The van der Waals surface area contributed by atoms with Crippen LogP contribution in [0.25, 0.3) is 0 Å². The first-order valence-electron chi connectivity index (χ1n) is 8.89. The summed E-state index contributed by atoms with van der Waals surface area (Å²) in [6, 6.07) is 0. The standard InChI is InChI=1S/C18H36O3/c1-3-4-5-6-7-8-9-10-11-14-18(21-17-20-2)15-12-13-16-19/h16,18H,3-15,17H2,1-2H3/t18-/m0/s1. The van der Waals surface area contributed by atoms with Gasteiger partial charge in [0.25, 0.3) is 0 Å². The lowest BCUT2D eigenvalue weighted by Gasteiger charge is -2.16. The maximum absolute atomic E-state index is 10.4. The van der Waals surface area contributed by atoms with Crippen molar-refractivity contribution in [3.63, 3.8) is 0 Å². The molecule has 0 N–H and O–H groups in total. The van der Waals surface area contributed by atoms with Crippen LogP contribution in [0.1, 0.15) is 90.4 Å². The maximum atomic E-state index is 10.4. The Kier molecular flexibility index (Phi) is 17.3. The van der Waals surface area contributed by atoms with Crippen LogP contribution >= 0.6 is 0 Å². The third-order valence-corrected chi connectivity index (χ3v) is 3.90. The minimum Gasteiger partial charge on any atom is -0.359 e. The van der Waals surface area contributed by atoms with E-state index < -0.39 is 0 Å². The number of aldehydes is 1. The van der Waals surface area contributed by atoms with Crippen molar-refractivity contribution in [2.45, 2.75) is 96.5 Å². The number of unbranched alkanes of at least 4 members (excludes halogenated alkanes) is 9. The van der Waals surface area contributed by atoms with E-state index in [9.17, 15) is 4.79 Å². The fourth-order valence-corrected chi connectivity index (χ4v) is 2.59. The second-order valence-corrected chi connectivity index (χ2v) is 5.91. The molecular weight excluding hydrogens is 264 g/mol. The first kappa shape index (κ1) is 20.6. The first-order chi connectivity index (χ1) is 10.3. The highest BCUT2D eigenvalue weighted by Crippen LogP contribution is 2.15. The molecule has 0 aromatic rings. The molecule has 3 heteroatoms. The van der Waals surface area contributed by atoms with Crippen molar-refractivity contribution < 1.29 is 14.3 Å². The van der Waals surface area contributed by atoms with Gasteiger partial charge in [-0.25, -0.2) is 0 Å². The van der Waals surface area contributed by atoms with E-state index in [4.69, 9.17) is 9.47 Å². The maximum Gasteiger partial charge on any atom is 0.146 e. The molecule has 1 atom stereocenters. The van der Waals surface area contributed by atoms with E-state index in [1.165, 1.54) is 57.8 Å². The number of hydrogen-bond donors (Lipinski definition) is 0. The highest BCUT2D eigenvalue weighted by atomic mass is 16.7. The quantitative estimate of drug-likeness (QED) is 0.209. The molecule has 0 heterocycles. The van der Waals surface area contributed by atoms with Crippen molar-refractivity contribution in [2.24, 2.45) is 0 Å². The van der Waals surface area contributed by atoms with E-state index >= 15 is 0 Å². The van der Waals surface area contributed by atoms with E-state index in [1.807, 2.05) is 0 Å². The van der Waals surface area contributed by atoms with Gasteiger partial charge in [0.15, 0.2) is 0 Å². The van der Waals surface area contributed by atoms with Gasteiger partial charge < -0.3 is 14.3 Å². The van der Waals surface area contributed by atoms with Crippen LogP contribution in [0, 0.1) is 0 Å². The predicted octanol–water partition coefficient (Wildman–Crippen LogP) is 5.27. The molecule has 126 valence electrons. The van der Waals surface area contributed by atoms with Crippen LogP contribution in [0.5, 0.6) is 0 Å². The fraction of sp³-hybridized carbons (Fsp3) is 0.944. The third-order valence-electron chi connectivity index (χ3n) is 3.90. The Labute approximate surface area is 131 Å². The fourth-order valence-electron chi connectivity index (χ4n) is 2.59. The summed E-state index contributed by atoms with van der Waals surface area (Å²) in [6.07, 6.45) is 17.0. The molecule has 0 unspecified atom stereocenters. The summed E-state index contributed by atoms with van der Waals surface area (Å²) in [5.41, 5.74) is 0. The van der Waals surface area contributed by atoms with Gasteiger partial charge in [0.1, 0.15) is 13.1 Å². The number of rotatable bonds is 17. The van der Waals surface area contributed by atoms with Crippen LogP contribution < -0.4 is 0 Å². The molecule has 0 spiro atoms. The van der Waals surface area contributed by atoms with E-state index in [2.05, 4.69) is 6.92 Å². The number of carbonyl (C=O) groups excluding carboxylic acids is 1. The molecule has 0 amide bonds. The highest BCUT2D eigenvalue weighted by Gasteiger charge is 2.08. The van der Waals surface area contributed by atoms with Crippen LogP contribution in [0.15, 0.2) is 0 Å². The van der Waals surface area contributed by atoms with Gasteiger partial charge >= 0.3 is 0 Å². The Bertz CT molecular complexity index is 207. The summed E-state index contributed by atoms with van der Waals surface area (Å²) < 4.78 is 10.7. The molecule has 0 rings (SSSR count). The Morgan fingerprint density at radius 2 is 1.43 bits per heavy atom. The second-order valence-electron chi connectivity index (χ2n) is 5.91. The minimum atomic E-state index is 0.259. The van der Waals surface area contributed by atoms with Crippen LogP contribution in [-0.2, 0) is 14.3 Å².